The van der Waals surface area contributed by atoms with E-state index < -0.39 is 0 Å². The lowest BCUT2D eigenvalue weighted by Crippen LogP contribution is -2.08. The number of nitrogens with zero attached hydrogens (tertiary/aromatic N) is 2. The molecule has 1 aromatic carbocycles. The maximum Gasteiger partial charge on any atom is 0.128 e. The summed E-state index contributed by atoms with van der Waals surface area (Å²) in [7, 11) is 0. The molecule has 4 N–H and O–H groups in total. The second kappa shape index (κ2) is 4.61. The first-order valence-corrected chi connectivity index (χ1v) is 6.13. The summed E-state index contributed by atoms with van der Waals surface area (Å²) in [4.78, 5) is 11.5. The molecular weight excluding hydrogens is 238 g/mol. The van der Waals surface area contributed by atoms with Gasteiger partial charge < -0.3 is 16.0 Å². The van der Waals surface area contributed by atoms with Crippen molar-refractivity contribution in [3.05, 3.63) is 48.8 Å². The number of nitrogens with two attached hydrogens (primary N) is 1. The van der Waals surface area contributed by atoms with Gasteiger partial charge in [0.2, 0.25) is 0 Å². The highest BCUT2D eigenvalue weighted by Crippen LogP contribution is 2.29. The highest BCUT2D eigenvalue weighted by Gasteiger charge is 2.10. The summed E-state index contributed by atoms with van der Waals surface area (Å²) in [5, 5.41) is 5.46. The number of nitrogen functional groups attached to an aromatic ring is 1. The Balaban J connectivity index is 2.00. The third kappa shape index (κ3) is 2.10. The molecule has 5 heteroatoms. The maximum absolute atomic E-state index is 5.96. The molecule has 1 atom stereocenters. The molecule has 5 nitrogen and oxygen atoms in total. The van der Waals surface area contributed by atoms with Crippen molar-refractivity contribution in [2.75, 3.05) is 11.1 Å². The Hall–Kier alpha value is -2.56. The summed E-state index contributed by atoms with van der Waals surface area (Å²) < 4.78 is 0. The largest absolute Gasteiger partial charge is 0.398 e. The lowest BCUT2D eigenvalue weighted by atomic mass is 10.1. The van der Waals surface area contributed by atoms with E-state index in [0.29, 0.717) is 0 Å². The Morgan fingerprint density at radius 3 is 2.89 bits per heavy atom. The molecule has 0 spiro atoms. The second-order valence-electron chi connectivity index (χ2n) is 4.46. The van der Waals surface area contributed by atoms with Crippen molar-refractivity contribution in [1.82, 2.24) is 15.0 Å². The Bertz CT molecular complexity index is 690. The van der Waals surface area contributed by atoms with Crippen LogP contribution in [-0.4, -0.2) is 15.0 Å². The zero-order chi connectivity index (χ0) is 13.2. The van der Waals surface area contributed by atoms with Crippen LogP contribution in [0.15, 0.2) is 43.0 Å². The molecule has 0 amide bonds. The van der Waals surface area contributed by atoms with Crippen LogP contribution in [0.4, 0.5) is 11.4 Å². The number of pyridine rings is 1. The molecule has 0 aliphatic carbocycles. The molecular formula is C14H15N5. The Morgan fingerprint density at radius 1 is 1.21 bits per heavy atom. The molecule has 0 bridgehead atoms. The van der Waals surface area contributed by atoms with Gasteiger partial charge in [-0.1, -0.05) is 0 Å². The first-order chi connectivity index (χ1) is 9.25. The fraction of sp³-hybridized carbons (Fsp3) is 0.143. The van der Waals surface area contributed by atoms with Crippen molar-refractivity contribution in [1.29, 1.82) is 0 Å². The van der Waals surface area contributed by atoms with E-state index in [2.05, 4.69) is 27.2 Å². The molecule has 0 aliphatic heterocycles. The lowest BCUT2D eigenvalue weighted by Gasteiger charge is -2.15. The van der Waals surface area contributed by atoms with Crippen molar-refractivity contribution in [3.8, 4) is 0 Å². The number of hydrogen-bond acceptors (Lipinski definition) is 4. The van der Waals surface area contributed by atoms with Crippen molar-refractivity contribution >= 4 is 22.1 Å². The van der Waals surface area contributed by atoms with Crippen LogP contribution in [-0.2, 0) is 0 Å². The van der Waals surface area contributed by atoms with Crippen LogP contribution >= 0.6 is 0 Å². The molecule has 3 rings (SSSR count). The number of nitrogens with one attached hydrogen (secondary N) is 2. The number of benzene rings is 1. The molecule has 2 heterocycles. The molecule has 2 aromatic heterocycles. The van der Waals surface area contributed by atoms with Crippen LogP contribution in [0.1, 0.15) is 18.8 Å². The predicted octanol–water partition coefficient (Wildman–Crippen LogP) is 2.71. The van der Waals surface area contributed by atoms with Gasteiger partial charge in [-0.15, -0.1) is 0 Å². The van der Waals surface area contributed by atoms with Gasteiger partial charge in [0.15, 0.2) is 0 Å². The molecule has 0 saturated heterocycles. The van der Waals surface area contributed by atoms with Crippen molar-refractivity contribution < 1.29 is 0 Å². The van der Waals surface area contributed by atoms with Crippen molar-refractivity contribution in [2.45, 2.75) is 13.0 Å². The monoisotopic (exact) mass is 253 g/mol. The van der Waals surface area contributed by atoms with Gasteiger partial charge in [-0.3, -0.25) is 4.98 Å². The van der Waals surface area contributed by atoms with Crippen LogP contribution < -0.4 is 11.1 Å². The third-order valence-electron chi connectivity index (χ3n) is 3.15. The van der Waals surface area contributed by atoms with E-state index in [1.54, 1.807) is 18.6 Å². The minimum atomic E-state index is 0.0926. The summed E-state index contributed by atoms with van der Waals surface area (Å²) in [5.74, 6) is 0.902. The molecule has 0 fully saturated rings. The second-order valence-corrected chi connectivity index (χ2v) is 4.46. The zero-order valence-corrected chi connectivity index (χ0v) is 10.6. The van der Waals surface area contributed by atoms with E-state index in [0.717, 1.165) is 28.0 Å². The Kier molecular flexibility index (Phi) is 2.79. The predicted molar refractivity (Wildman–Crippen MR) is 76.8 cm³/mol. The van der Waals surface area contributed by atoms with Gasteiger partial charge in [-0.2, -0.15) is 0 Å². The first-order valence-electron chi connectivity index (χ1n) is 6.13. The molecule has 0 saturated carbocycles. The van der Waals surface area contributed by atoms with Gasteiger partial charge in [0, 0.05) is 46.9 Å². The number of aromatic nitrogens is 3. The van der Waals surface area contributed by atoms with Gasteiger partial charge in [0.1, 0.15) is 5.82 Å². The summed E-state index contributed by atoms with van der Waals surface area (Å²) in [5.41, 5.74) is 7.72. The summed E-state index contributed by atoms with van der Waals surface area (Å²) in [6.45, 7) is 2.06. The number of fused-ring (bicyclic) bond motifs is 1. The molecule has 96 valence electrons. The average Bonchev–Trinajstić information content (AvgIpc) is 2.96. The number of imidazole rings is 1. The van der Waals surface area contributed by atoms with Crippen LogP contribution in [0.3, 0.4) is 0 Å². The number of aromatic amines is 1. The standard InChI is InChI=1S/C14H15N5/c1-9(14-17-6-7-18-14)19-13-3-2-12(15)11-8-16-5-4-10(11)13/h2-9,19H,15H2,1H3,(H,17,18). The molecule has 1 unspecified atom stereocenters. The van der Waals surface area contributed by atoms with Crippen LogP contribution in [0.25, 0.3) is 10.8 Å². The number of hydrogen-bond donors (Lipinski definition) is 3. The Labute approximate surface area is 110 Å². The van der Waals surface area contributed by atoms with E-state index in [1.165, 1.54) is 0 Å². The molecule has 19 heavy (non-hydrogen) atoms. The normalized spacial score (nSPS) is 12.5. The van der Waals surface area contributed by atoms with Crippen LogP contribution in [0, 0.1) is 0 Å². The van der Waals surface area contributed by atoms with E-state index in [-0.39, 0.29) is 6.04 Å². The van der Waals surface area contributed by atoms with Crippen molar-refractivity contribution in [3.63, 3.8) is 0 Å². The van der Waals surface area contributed by atoms with Gasteiger partial charge >= 0.3 is 0 Å². The molecule has 0 radical (unpaired) electrons. The Morgan fingerprint density at radius 2 is 2.11 bits per heavy atom. The molecule has 0 aliphatic rings. The fourth-order valence-corrected chi connectivity index (χ4v) is 2.15. The van der Waals surface area contributed by atoms with Gasteiger partial charge in [0.05, 0.1) is 6.04 Å². The van der Waals surface area contributed by atoms with E-state index in [1.807, 2.05) is 24.4 Å². The maximum atomic E-state index is 5.96. The highest BCUT2D eigenvalue weighted by molar-refractivity contribution is 6.00. The smallest absolute Gasteiger partial charge is 0.128 e. The average molecular weight is 253 g/mol. The summed E-state index contributed by atoms with van der Waals surface area (Å²) in [6, 6.07) is 5.93. The number of rotatable bonds is 3. The van der Waals surface area contributed by atoms with Gasteiger partial charge in [-0.25, -0.2) is 4.98 Å². The summed E-state index contributed by atoms with van der Waals surface area (Å²) in [6.07, 6.45) is 7.12. The minimum Gasteiger partial charge on any atom is -0.398 e. The fourth-order valence-electron chi connectivity index (χ4n) is 2.15. The van der Waals surface area contributed by atoms with E-state index in [4.69, 9.17) is 5.73 Å². The van der Waals surface area contributed by atoms with Gasteiger partial charge in [-0.05, 0) is 25.1 Å². The highest BCUT2D eigenvalue weighted by atomic mass is 15.0. The summed E-state index contributed by atoms with van der Waals surface area (Å²) >= 11 is 0. The van der Waals surface area contributed by atoms with Crippen LogP contribution in [0.2, 0.25) is 0 Å². The topological polar surface area (TPSA) is 79.6 Å². The van der Waals surface area contributed by atoms with E-state index in [9.17, 15) is 0 Å². The SMILES string of the molecule is CC(Nc1ccc(N)c2cnccc12)c1ncc[nH]1. The van der Waals surface area contributed by atoms with Crippen molar-refractivity contribution in [2.24, 2.45) is 0 Å². The van der Waals surface area contributed by atoms with Crippen LogP contribution in [0.5, 0.6) is 0 Å². The minimum absolute atomic E-state index is 0.0926. The zero-order valence-electron chi connectivity index (χ0n) is 10.6. The lowest BCUT2D eigenvalue weighted by molar-refractivity contribution is 0.811. The third-order valence-corrected chi connectivity index (χ3v) is 3.15. The number of anilines is 2. The van der Waals surface area contributed by atoms with Gasteiger partial charge in [0.25, 0.3) is 0 Å². The first kappa shape index (κ1) is 11.5. The number of H-pyrrole nitrogens is 1. The quantitative estimate of drug-likeness (QED) is 0.627. The molecule has 3 aromatic rings. The van der Waals surface area contributed by atoms with E-state index >= 15 is 0 Å².